The van der Waals surface area contributed by atoms with Gasteiger partial charge in [-0.3, -0.25) is 19.2 Å². The van der Waals surface area contributed by atoms with Crippen LogP contribution in [0.15, 0.2) is 41.6 Å². The second kappa shape index (κ2) is 11.8. The van der Waals surface area contributed by atoms with Gasteiger partial charge in [-0.2, -0.15) is 4.39 Å². The number of rotatable bonds is 9. The molecule has 2 heterocycles. The first kappa shape index (κ1) is 28.7. The van der Waals surface area contributed by atoms with E-state index in [2.05, 4.69) is 16.0 Å². The van der Waals surface area contributed by atoms with Gasteiger partial charge in [-0.1, -0.05) is 36.8 Å². The van der Waals surface area contributed by atoms with E-state index in [4.69, 9.17) is 0 Å². The quantitative estimate of drug-likeness (QED) is 0.415. The van der Waals surface area contributed by atoms with Gasteiger partial charge in [-0.25, -0.2) is 8.42 Å². The normalized spacial score (nSPS) is 26.5. The van der Waals surface area contributed by atoms with E-state index in [1.165, 1.54) is 11.8 Å². The van der Waals surface area contributed by atoms with Crippen molar-refractivity contribution < 1.29 is 32.0 Å². The Balaban J connectivity index is 1.62. The Bertz CT molecular complexity index is 1250. The summed E-state index contributed by atoms with van der Waals surface area (Å²) in [6.07, 6.45) is 4.54. The third-order valence-corrected chi connectivity index (χ3v) is 8.73. The number of likely N-dealkylation sites (tertiary alicyclic amines) is 1. The standard InChI is InChI=1S/C27H35FN4O6S/c1-16(33)30-23(17-7-4-3-5-8-17)27(36)32-15-19-9-6-10-21(19)24(32)26(35)31-20(14-22(28)39(2,37)38)13-18-11-12-29-25(18)34/h3-5,7-8,14,18-21,23-24H,6,9-13,15H2,1-2H3,(H,29,34)(H,30,33)(H,31,35)/b22-14+/t18-,19-,20-,21-,23+,24+/m1/s1. The minimum Gasteiger partial charge on any atom is -0.356 e. The predicted octanol–water partition coefficient (Wildman–Crippen LogP) is 1.36. The van der Waals surface area contributed by atoms with Crippen molar-refractivity contribution in [1.29, 1.82) is 0 Å². The lowest BCUT2D eigenvalue weighted by Gasteiger charge is -2.32. The van der Waals surface area contributed by atoms with Crippen LogP contribution in [0.2, 0.25) is 0 Å². The first-order valence-corrected chi connectivity index (χ1v) is 15.1. The van der Waals surface area contributed by atoms with E-state index >= 15 is 0 Å². The van der Waals surface area contributed by atoms with Gasteiger partial charge in [0.25, 0.3) is 5.91 Å². The highest BCUT2D eigenvalue weighted by atomic mass is 32.2. The molecule has 1 saturated carbocycles. The molecule has 1 aromatic carbocycles. The molecule has 2 aliphatic heterocycles. The van der Waals surface area contributed by atoms with Gasteiger partial charge in [0.1, 0.15) is 12.1 Å². The molecule has 0 aromatic heterocycles. The fourth-order valence-electron chi connectivity index (χ4n) is 6.07. The molecule has 4 rings (SSSR count). The molecule has 10 nitrogen and oxygen atoms in total. The lowest BCUT2D eigenvalue weighted by molar-refractivity contribution is -0.142. The topological polar surface area (TPSA) is 142 Å². The summed E-state index contributed by atoms with van der Waals surface area (Å²) in [6.45, 7) is 2.10. The molecule has 3 N–H and O–H groups in total. The summed E-state index contributed by atoms with van der Waals surface area (Å²) in [5.74, 6) is -2.13. The van der Waals surface area contributed by atoms with Crippen molar-refractivity contribution in [2.24, 2.45) is 17.8 Å². The molecule has 1 aromatic rings. The van der Waals surface area contributed by atoms with Crippen LogP contribution in [-0.4, -0.2) is 68.4 Å². The van der Waals surface area contributed by atoms with Crippen molar-refractivity contribution in [3.63, 3.8) is 0 Å². The monoisotopic (exact) mass is 562 g/mol. The maximum absolute atomic E-state index is 14.5. The highest BCUT2D eigenvalue weighted by molar-refractivity contribution is 7.94. The van der Waals surface area contributed by atoms with Crippen LogP contribution in [0.3, 0.4) is 0 Å². The van der Waals surface area contributed by atoms with Crippen molar-refractivity contribution in [2.75, 3.05) is 19.3 Å². The third kappa shape index (κ3) is 6.66. The van der Waals surface area contributed by atoms with Crippen LogP contribution in [0.4, 0.5) is 4.39 Å². The zero-order valence-electron chi connectivity index (χ0n) is 22.1. The van der Waals surface area contributed by atoms with Gasteiger partial charge in [0.2, 0.25) is 32.7 Å². The highest BCUT2D eigenvalue weighted by Crippen LogP contribution is 2.43. The highest BCUT2D eigenvalue weighted by Gasteiger charge is 2.51. The number of nitrogens with zero attached hydrogens (tertiary/aromatic N) is 1. The van der Waals surface area contributed by atoms with Gasteiger partial charge in [-0.05, 0) is 49.2 Å². The fourth-order valence-corrected chi connectivity index (χ4v) is 6.48. The number of fused-ring (bicyclic) bond motifs is 1. The van der Waals surface area contributed by atoms with E-state index in [0.717, 1.165) is 31.6 Å². The maximum Gasteiger partial charge on any atom is 0.250 e. The molecule has 4 amide bonds. The number of amides is 4. The Morgan fingerprint density at radius 3 is 2.49 bits per heavy atom. The SMILES string of the molecule is CC(=O)N[C@H](C(=O)N1C[C@H]2CCC[C@H]2[C@H]1C(=O)N[C@@H](/C=C(\F)S(C)(=O)=O)C[C@H]1CCNC1=O)c1ccccc1. The molecule has 12 heteroatoms. The number of carbonyl (C=O) groups is 4. The second-order valence-corrected chi connectivity index (χ2v) is 12.6. The van der Waals surface area contributed by atoms with Crippen molar-refractivity contribution in [1.82, 2.24) is 20.9 Å². The van der Waals surface area contributed by atoms with Crippen LogP contribution in [-0.2, 0) is 29.0 Å². The molecule has 2 saturated heterocycles. The summed E-state index contributed by atoms with van der Waals surface area (Å²) in [5.41, 5.74) is 0.581. The van der Waals surface area contributed by atoms with E-state index in [1.807, 2.05) is 0 Å². The van der Waals surface area contributed by atoms with Crippen molar-refractivity contribution in [3.8, 4) is 0 Å². The van der Waals surface area contributed by atoms with Crippen molar-refractivity contribution in [2.45, 2.75) is 57.2 Å². The molecular weight excluding hydrogens is 527 g/mol. The van der Waals surface area contributed by atoms with Gasteiger partial charge >= 0.3 is 0 Å². The molecule has 6 atom stereocenters. The minimum atomic E-state index is -4.15. The van der Waals surface area contributed by atoms with Gasteiger partial charge in [0.05, 0.1) is 6.04 Å². The van der Waals surface area contributed by atoms with Crippen LogP contribution < -0.4 is 16.0 Å². The fraction of sp³-hybridized carbons (Fsp3) is 0.556. The van der Waals surface area contributed by atoms with Crippen LogP contribution in [0, 0.1) is 17.8 Å². The van der Waals surface area contributed by atoms with Crippen molar-refractivity contribution >= 4 is 33.5 Å². The number of carbonyl (C=O) groups excluding carboxylic acids is 4. The molecule has 39 heavy (non-hydrogen) atoms. The minimum absolute atomic E-state index is 0.0216. The lowest BCUT2D eigenvalue weighted by atomic mass is 9.92. The van der Waals surface area contributed by atoms with Gasteiger partial charge < -0.3 is 20.9 Å². The summed E-state index contributed by atoms with van der Waals surface area (Å²) < 4.78 is 38.1. The maximum atomic E-state index is 14.5. The Kier molecular flexibility index (Phi) is 8.73. The third-order valence-electron chi connectivity index (χ3n) is 7.88. The second-order valence-electron chi connectivity index (χ2n) is 10.7. The van der Waals surface area contributed by atoms with Crippen LogP contribution in [0.5, 0.6) is 0 Å². The number of hydrogen-bond acceptors (Lipinski definition) is 6. The predicted molar refractivity (Wildman–Crippen MR) is 141 cm³/mol. The molecule has 1 aliphatic carbocycles. The molecule has 0 bridgehead atoms. The molecule has 3 fully saturated rings. The zero-order chi connectivity index (χ0) is 28.3. The van der Waals surface area contributed by atoms with Crippen LogP contribution in [0.1, 0.15) is 50.6 Å². The summed E-state index contributed by atoms with van der Waals surface area (Å²) in [6, 6.07) is 5.83. The van der Waals surface area contributed by atoms with Crippen LogP contribution in [0.25, 0.3) is 0 Å². The summed E-state index contributed by atoms with van der Waals surface area (Å²) in [5, 5.41) is 6.75. The first-order valence-electron chi connectivity index (χ1n) is 13.2. The lowest BCUT2D eigenvalue weighted by Crippen LogP contribution is -2.53. The number of halogens is 1. The molecule has 0 spiro atoms. The van der Waals surface area contributed by atoms with E-state index < -0.39 is 56.8 Å². The van der Waals surface area contributed by atoms with E-state index in [1.54, 1.807) is 30.3 Å². The molecule has 212 valence electrons. The molecule has 0 radical (unpaired) electrons. The zero-order valence-corrected chi connectivity index (χ0v) is 22.9. The van der Waals surface area contributed by atoms with Crippen LogP contribution >= 0.6 is 0 Å². The van der Waals surface area contributed by atoms with Gasteiger partial charge in [0, 0.05) is 32.2 Å². The largest absolute Gasteiger partial charge is 0.356 e. The molecule has 0 unspecified atom stereocenters. The van der Waals surface area contributed by atoms with Gasteiger partial charge in [0.15, 0.2) is 0 Å². The number of sulfone groups is 1. The smallest absolute Gasteiger partial charge is 0.250 e. The van der Waals surface area contributed by atoms with Gasteiger partial charge in [-0.15, -0.1) is 0 Å². The Hall–Kier alpha value is -3.28. The van der Waals surface area contributed by atoms with E-state index in [0.29, 0.717) is 25.1 Å². The van der Waals surface area contributed by atoms with E-state index in [-0.39, 0.29) is 24.2 Å². The van der Waals surface area contributed by atoms with E-state index in [9.17, 15) is 32.0 Å². The molecular formula is C27H35FN4O6S. The van der Waals surface area contributed by atoms with Crippen molar-refractivity contribution in [3.05, 3.63) is 47.1 Å². The number of hydrogen-bond donors (Lipinski definition) is 3. The summed E-state index contributed by atoms with van der Waals surface area (Å²) in [7, 11) is -4.15. The first-order chi connectivity index (χ1) is 18.5. The Labute approximate surface area is 227 Å². The summed E-state index contributed by atoms with van der Waals surface area (Å²) in [4.78, 5) is 53.3. The average Bonchev–Trinajstić information content (AvgIpc) is 3.58. The Morgan fingerprint density at radius 1 is 1.15 bits per heavy atom. The number of nitrogens with one attached hydrogen (secondary N) is 3. The molecule has 3 aliphatic rings. The number of benzene rings is 1. The Morgan fingerprint density at radius 2 is 1.87 bits per heavy atom. The summed E-state index contributed by atoms with van der Waals surface area (Å²) >= 11 is 0. The average molecular weight is 563 g/mol.